The van der Waals surface area contributed by atoms with Crippen molar-refractivity contribution in [3.63, 3.8) is 0 Å². The second-order valence-electron chi connectivity index (χ2n) is 5.09. The highest BCUT2D eigenvalue weighted by atomic mass is 16.5. The van der Waals surface area contributed by atoms with Crippen LogP contribution in [0.15, 0.2) is 65.8 Å². The molecule has 25 heavy (non-hydrogen) atoms. The van der Waals surface area contributed by atoms with Crippen LogP contribution < -0.4 is 10.7 Å². The number of alkyl carbamates (subject to hydrolysis) is 1. The topological polar surface area (TPSA) is 100 Å². The molecule has 130 valence electrons. The zero-order chi connectivity index (χ0) is 17.9. The van der Waals surface area contributed by atoms with E-state index >= 15 is 0 Å². The summed E-state index contributed by atoms with van der Waals surface area (Å²) in [6, 6.07) is 17.1. The summed E-state index contributed by atoms with van der Waals surface area (Å²) in [6.07, 6.45) is 0.658. The van der Waals surface area contributed by atoms with E-state index in [2.05, 4.69) is 15.8 Å². The summed E-state index contributed by atoms with van der Waals surface area (Å²) >= 11 is 0. The molecule has 1 atom stereocenters. The number of rotatable bonds is 7. The first-order valence-electron chi connectivity index (χ1n) is 7.65. The van der Waals surface area contributed by atoms with E-state index < -0.39 is 24.6 Å². The highest BCUT2D eigenvalue weighted by molar-refractivity contribution is 5.87. The van der Waals surface area contributed by atoms with Gasteiger partial charge >= 0.3 is 6.09 Å². The molecule has 0 unspecified atom stereocenters. The second-order valence-corrected chi connectivity index (χ2v) is 5.09. The zero-order valence-electron chi connectivity index (χ0n) is 13.5. The van der Waals surface area contributed by atoms with Gasteiger partial charge in [0.1, 0.15) is 12.6 Å². The predicted octanol–water partition coefficient (Wildman–Crippen LogP) is 1.42. The van der Waals surface area contributed by atoms with Crippen molar-refractivity contribution in [2.24, 2.45) is 5.10 Å². The number of aliphatic hydroxyl groups excluding tert-OH is 1. The molecule has 0 bridgehead atoms. The van der Waals surface area contributed by atoms with Crippen LogP contribution in [0.25, 0.3) is 0 Å². The molecular formula is C18H19N3O4. The van der Waals surface area contributed by atoms with Crippen molar-refractivity contribution in [1.82, 2.24) is 10.7 Å². The van der Waals surface area contributed by atoms with Crippen LogP contribution in [0.3, 0.4) is 0 Å². The van der Waals surface area contributed by atoms with Crippen LogP contribution in [0, 0.1) is 0 Å². The van der Waals surface area contributed by atoms with Crippen molar-refractivity contribution < 1.29 is 19.4 Å². The van der Waals surface area contributed by atoms with E-state index in [1.54, 1.807) is 0 Å². The summed E-state index contributed by atoms with van der Waals surface area (Å²) in [5.74, 6) is -0.647. The first-order valence-corrected chi connectivity index (χ1v) is 7.65. The Labute approximate surface area is 145 Å². The predicted molar refractivity (Wildman–Crippen MR) is 92.8 cm³/mol. The number of hydrogen-bond acceptors (Lipinski definition) is 5. The second kappa shape index (κ2) is 9.84. The molecule has 0 radical (unpaired) electrons. The third-order valence-electron chi connectivity index (χ3n) is 3.19. The van der Waals surface area contributed by atoms with Gasteiger partial charge in [0.05, 0.1) is 12.8 Å². The van der Waals surface area contributed by atoms with Gasteiger partial charge in [0.15, 0.2) is 0 Å². The van der Waals surface area contributed by atoms with Crippen molar-refractivity contribution >= 4 is 18.2 Å². The van der Waals surface area contributed by atoms with Gasteiger partial charge in [-0.2, -0.15) is 5.10 Å². The number of amides is 2. The number of carbonyl (C=O) groups is 2. The molecule has 0 spiro atoms. The van der Waals surface area contributed by atoms with Crippen molar-refractivity contribution in [3.05, 3.63) is 71.8 Å². The fraction of sp³-hybridized carbons (Fsp3) is 0.167. The van der Waals surface area contributed by atoms with Gasteiger partial charge in [-0.1, -0.05) is 60.7 Å². The van der Waals surface area contributed by atoms with Crippen molar-refractivity contribution in [2.75, 3.05) is 6.61 Å². The average Bonchev–Trinajstić information content (AvgIpc) is 2.66. The Balaban J connectivity index is 1.78. The highest BCUT2D eigenvalue weighted by Crippen LogP contribution is 2.00. The van der Waals surface area contributed by atoms with Gasteiger partial charge in [-0.25, -0.2) is 10.2 Å². The minimum absolute atomic E-state index is 0.0681. The molecule has 2 amide bonds. The third-order valence-corrected chi connectivity index (χ3v) is 3.19. The fourth-order valence-corrected chi connectivity index (χ4v) is 1.89. The van der Waals surface area contributed by atoms with Gasteiger partial charge in [-0.05, 0) is 11.1 Å². The van der Waals surface area contributed by atoms with Crippen LogP contribution in [0.5, 0.6) is 0 Å². The van der Waals surface area contributed by atoms with E-state index in [1.807, 2.05) is 60.7 Å². The highest BCUT2D eigenvalue weighted by Gasteiger charge is 2.20. The lowest BCUT2D eigenvalue weighted by Crippen LogP contribution is -2.47. The number of nitrogens with zero attached hydrogens (tertiary/aromatic N) is 1. The monoisotopic (exact) mass is 341 g/mol. The molecule has 0 aliphatic rings. The molecule has 7 heteroatoms. The summed E-state index contributed by atoms with van der Waals surface area (Å²) in [4.78, 5) is 23.6. The molecule has 0 aliphatic heterocycles. The molecule has 2 aromatic rings. The number of hydrazone groups is 1. The van der Waals surface area contributed by atoms with Gasteiger partial charge in [0.25, 0.3) is 5.91 Å². The molecule has 0 aliphatic carbocycles. The van der Waals surface area contributed by atoms with Gasteiger partial charge in [0, 0.05) is 0 Å². The summed E-state index contributed by atoms with van der Waals surface area (Å²) < 4.78 is 5.00. The van der Waals surface area contributed by atoms with E-state index in [4.69, 9.17) is 4.74 Å². The fourth-order valence-electron chi connectivity index (χ4n) is 1.89. The van der Waals surface area contributed by atoms with E-state index in [1.165, 1.54) is 6.21 Å². The lowest BCUT2D eigenvalue weighted by molar-refractivity contribution is -0.123. The Kier molecular flexibility index (Phi) is 7.14. The van der Waals surface area contributed by atoms with Gasteiger partial charge < -0.3 is 15.2 Å². The third kappa shape index (κ3) is 6.44. The van der Waals surface area contributed by atoms with E-state index in [0.717, 1.165) is 11.1 Å². The van der Waals surface area contributed by atoms with Crippen molar-refractivity contribution in [2.45, 2.75) is 12.6 Å². The number of ether oxygens (including phenoxy) is 1. The Morgan fingerprint density at radius 3 is 2.36 bits per heavy atom. The number of carbonyl (C=O) groups excluding carboxylic acids is 2. The van der Waals surface area contributed by atoms with E-state index in [9.17, 15) is 14.7 Å². The van der Waals surface area contributed by atoms with Crippen LogP contribution in [-0.4, -0.2) is 36.0 Å². The first-order chi connectivity index (χ1) is 12.2. The SMILES string of the molecule is O=C(N[C@H](CO)C(=O)N/N=C\c1ccccc1)OCc1ccccc1. The molecule has 0 saturated carbocycles. The van der Waals surface area contributed by atoms with Crippen LogP contribution >= 0.6 is 0 Å². The summed E-state index contributed by atoms with van der Waals surface area (Å²) in [7, 11) is 0. The maximum atomic E-state index is 11.9. The Morgan fingerprint density at radius 1 is 1.08 bits per heavy atom. The molecule has 0 aromatic heterocycles. The minimum atomic E-state index is -1.16. The summed E-state index contributed by atoms with van der Waals surface area (Å²) in [5, 5.41) is 15.3. The molecule has 7 nitrogen and oxygen atoms in total. The lowest BCUT2D eigenvalue weighted by Gasteiger charge is -2.14. The van der Waals surface area contributed by atoms with Crippen molar-refractivity contribution in [1.29, 1.82) is 0 Å². The standard InChI is InChI=1S/C18H19N3O4/c22-12-16(17(23)21-19-11-14-7-3-1-4-8-14)20-18(24)25-13-15-9-5-2-6-10-15/h1-11,16,22H,12-13H2,(H,20,24)(H,21,23)/b19-11-/t16-/m1/s1. The molecule has 0 fully saturated rings. The number of nitrogens with one attached hydrogen (secondary N) is 2. The quantitative estimate of drug-likeness (QED) is 0.524. The number of aliphatic hydroxyl groups is 1. The lowest BCUT2D eigenvalue weighted by atomic mass is 10.2. The van der Waals surface area contributed by atoms with Crippen LogP contribution in [0.1, 0.15) is 11.1 Å². The molecule has 2 rings (SSSR count). The Hall–Kier alpha value is -3.19. The average molecular weight is 341 g/mol. The van der Waals surface area contributed by atoms with E-state index in [0.29, 0.717) is 0 Å². The smallest absolute Gasteiger partial charge is 0.408 e. The normalized spacial score (nSPS) is 11.7. The van der Waals surface area contributed by atoms with Gasteiger partial charge in [0.2, 0.25) is 0 Å². The Bertz CT molecular complexity index is 705. The number of hydrogen-bond donors (Lipinski definition) is 3. The zero-order valence-corrected chi connectivity index (χ0v) is 13.5. The maximum absolute atomic E-state index is 11.9. The minimum Gasteiger partial charge on any atom is -0.445 e. The van der Waals surface area contributed by atoms with E-state index in [-0.39, 0.29) is 6.61 Å². The number of benzene rings is 2. The van der Waals surface area contributed by atoms with Crippen molar-refractivity contribution in [3.8, 4) is 0 Å². The summed E-state index contributed by atoms with van der Waals surface area (Å²) in [6.45, 7) is -0.508. The van der Waals surface area contributed by atoms with Crippen LogP contribution in [0.4, 0.5) is 4.79 Å². The van der Waals surface area contributed by atoms with Gasteiger partial charge in [-0.3, -0.25) is 4.79 Å². The Morgan fingerprint density at radius 2 is 1.72 bits per heavy atom. The first kappa shape index (κ1) is 18.2. The molecule has 0 saturated heterocycles. The summed E-state index contributed by atoms with van der Waals surface area (Å²) in [5.41, 5.74) is 3.88. The largest absolute Gasteiger partial charge is 0.445 e. The maximum Gasteiger partial charge on any atom is 0.408 e. The molecule has 3 N–H and O–H groups in total. The van der Waals surface area contributed by atoms with Crippen LogP contribution in [0.2, 0.25) is 0 Å². The molecule has 0 heterocycles. The van der Waals surface area contributed by atoms with Gasteiger partial charge in [-0.15, -0.1) is 0 Å². The van der Waals surface area contributed by atoms with Crippen LogP contribution in [-0.2, 0) is 16.1 Å². The molecule has 2 aromatic carbocycles. The molecular weight excluding hydrogens is 322 g/mol.